The number of rotatable bonds is 2. The lowest BCUT2D eigenvalue weighted by Gasteiger charge is -2.08. The molecular formula is C15H13NO. The van der Waals surface area contributed by atoms with E-state index in [1.54, 1.807) is 12.5 Å². The van der Waals surface area contributed by atoms with E-state index in [-0.39, 0.29) is 0 Å². The molecule has 1 heterocycles. The lowest BCUT2D eigenvalue weighted by molar-refractivity contribution is 0.574. The van der Waals surface area contributed by atoms with Crippen LogP contribution in [0.2, 0.25) is 0 Å². The Labute approximate surface area is 99.9 Å². The maximum absolute atomic E-state index is 5.46. The van der Waals surface area contributed by atoms with Gasteiger partial charge >= 0.3 is 0 Å². The van der Waals surface area contributed by atoms with Crippen LogP contribution in [-0.4, -0.2) is 4.98 Å². The molecule has 0 spiro atoms. The van der Waals surface area contributed by atoms with Crippen molar-refractivity contribution in [2.24, 2.45) is 0 Å². The second-order valence-electron chi connectivity index (χ2n) is 4.01. The van der Waals surface area contributed by atoms with E-state index in [0.29, 0.717) is 5.89 Å². The Kier molecular flexibility index (Phi) is 2.41. The third-order valence-electron chi connectivity index (χ3n) is 3.04. The molecule has 0 atom stereocenters. The molecule has 2 nitrogen and oxygen atoms in total. The smallest absolute Gasteiger partial charge is 0.226 e. The van der Waals surface area contributed by atoms with E-state index in [1.165, 1.54) is 16.3 Å². The molecule has 1 aromatic heterocycles. The molecule has 0 saturated heterocycles. The van der Waals surface area contributed by atoms with Gasteiger partial charge in [0.1, 0.15) is 6.26 Å². The fourth-order valence-electron chi connectivity index (χ4n) is 2.21. The van der Waals surface area contributed by atoms with Gasteiger partial charge in [0.2, 0.25) is 5.89 Å². The van der Waals surface area contributed by atoms with E-state index >= 15 is 0 Å². The van der Waals surface area contributed by atoms with Crippen molar-refractivity contribution in [3.8, 4) is 11.5 Å². The van der Waals surface area contributed by atoms with Crippen LogP contribution >= 0.6 is 0 Å². The monoisotopic (exact) mass is 223 g/mol. The minimum Gasteiger partial charge on any atom is -0.444 e. The molecule has 84 valence electrons. The van der Waals surface area contributed by atoms with Crippen molar-refractivity contribution in [3.05, 3.63) is 54.4 Å². The van der Waals surface area contributed by atoms with Crippen LogP contribution in [0.1, 0.15) is 12.5 Å². The molecule has 3 aromatic rings. The van der Waals surface area contributed by atoms with E-state index in [1.807, 2.05) is 12.1 Å². The van der Waals surface area contributed by atoms with Crippen molar-refractivity contribution in [1.82, 2.24) is 4.98 Å². The highest BCUT2D eigenvalue weighted by Crippen LogP contribution is 2.31. The van der Waals surface area contributed by atoms with E-state index in [4.69, 9.17) is 4.42 Å². The third kappa shape index (κ3) is 1.62. The highest BCUT2D eigenvalue weighted by Gasteiger charge is 2.11. The van der Waals surface area contributed by atoms with E-state index in [2.05, 4.69) is 36.2 Å². The molecule has 0 aliphatic rings. The molecular weight excluding hydrogens is 210 g/mol. The minimum atomic E-state index is 0.707. The highest BCUT2D eigenvalue weighted by molar-refractivity contribution is 5.96. The normalized spacial score (nSPS) is 10.9. The lowest BCUT2D eigenvalue weighted by atomic mass is 9.97. The van der Waals surface area contributed by atoms with Crippen LogP contribution in [0.25, 0.3) is 22.2 Å². The van der Waals surface area contributed by atoms with Crippen LogP contribution < -0.4 is 0 Å². The molecule has 2 aromatic carbocycles. The van der Waals surface area contributed by atoms with Gasteiger partial charge in [0.25, 0.3) is 0 Å². The summed E-state index contributed by atoms with van der Waals surface area (Å²) in [7, 11) is 0. The summed E-state index contributed by atoms with van der Waals surface area (Å²) in [6.45, 7) is 2.15. The van der Waals surface area contributed by atoms with Crippen LogP contribution in [-0.2, 0) is 6.42 Å². The zero-order valence-electron chi connectivity index (χ0n) is 9.68. The van der Waals surface area contributed by atoms with Gasteiger partial charge in [-0.05, 0) is 22.8 Å². The predicted molar refractivity (Wildman–Crippen MR) is 68.8 cm³/mol. The highest BCUT2D eigenvalue weighted by atomic mass is 16.3. The Morgan fingerprint density at radius 3 is 2.76 bits per heavy atom. The van der Waals surface area contributed by atoms with Crippen LogP contribution in [0, 0.1) is 0 Å². The first kappa shape index (κ1) is 10.1. The zero-order valence-corrected chi connectivity index (χ0v) is 9.68. The van der Waals surface area contributed by atoms with E-state index in [0.717, 1.165) is 12.0 Å². The number of benzene rings is 2. The second kappa shape index (κ2) is 4.06. The Balaban J connectivity index is 2.39. The summed E-state index contributed by atoms with van der Waals surface area (Å²) in [5.74, 6) is 0.707. The number of nitrogens with zero attached hydrogens (tertiary/aromatic N) is 1. The molecule has 17 heavy (non-hydrogen) atoms. The second-order valence-corrected chi connectivity index (χ2v) is 4.01. The first-order chi connectivity index (χ1) is 8.40. The fraction of sp³-hybridized carbons (Fsp3) is 0.133. The first-order valence-corrected chi connectivity index (χ1v) is 5.80. The van der Waals surface area contributed by atoms with Gasteiger partial charge in [-0.25, -0.2) is 4.98 Å². The number of aryl methyl sites for hydroxylation is 1. The van der Waals surface area contributed by atoms with Crippen molar-refractivity contribution in [1.29, 1.82) is 0 Å². The number of oxazole rings is 1. The summed E-state index contributed by atoms with van der Waals surface area (Å²) in [5, 5.41) is 2.42. The van der Waals surface area contributed by atoms with Gasteiger partial charge in [-0.3, -0.25) is 0 Å². The van der Waals surface area contributed by atoms with Gasteiger partial charge in [0.15, 0.2) is 0 Å². The Morgan fingerprint density at radius 2 is 2.00 bits per heavy atom. The molecule has 0 aliphatic carbocycles. The molecule has 0 amide bonds. The van der Waals surface area contributed by atoms with Crippen molar-refractivity contribution >= 4 is 10.8 Å². The summed E-state index contributed by atoms with van der Waals surface area (Å²) in [6, 6.07) is 12.6. The summed E-state index contributed by atoms with van der Waals surface area (Å²) in [6.07, 6.45) is 4.29. The lowest BCUT2D eigenvalue weighted by Crippen LogP contribution is -1.89. The largest absolute Gasteiger partial charge is 0.444 e. The quantitative estimate of drug-likeness (QED) is 0.654. The topological polar surface area (TPSA) is 26.0 Å². The van der Waals surface area contributed by atoms with Crippen molar-refractivity contribution in [3.63, 3.8) is 0 Å². The molecule has 0 radical (unpaired) electrons. The molecule has 0 saturated carbocycles. The molecule has 0 unspecified atom stereocenters. The number of fused-ring (bicyclic) bond motifs is 1. The summed E-state index contributed by atoms with van der Waals surface area (Å²) in [5.41, 5.74) is 2.39. The predicted octanol–water partition coefficient (Wildman–Crippen LogP) is 4.06. The average molecular weight is 223 g/mol. The molecule has 3 rings (SSSR count). The summed E-state index contributed by atoms with van der Waals surface area (Å²) >= 11 is 0. The van der Waals surface area contributed by atoms with Gasteiger partial charge in [-0.1, -0.05) is 43.3 Å². The minimum absolute atomic E-state index is 0.707. The SMILES string of the molecule is CCc1ccc2ccccc2c1-c1ncco1. The zero-order chi connectivity index (χ0) is 11.7. The third-order valence-corrected chi connectivity index (χ3v) is 3.04. The molecule has 0 bridgehead atoms. The van der Waals surface area contributed by atoms with Crippen LogP contribution in [0.4, 0.5) is 0 Å². The van der Waals surface area contributed by atoms with E-state index in [9.17, 15) is 0 Å². The standard InChI is InChI=1S/C15H13NO/c1-2-11-7-8-12-5-3-4-6-13(12)14(11)15-16-9-10-17-15/h3-10H,2H2,1H3. The fourth-order valence-corrected chi connectivity index (χ4v) is 2.21. The van der Waals surface area contributed by atoms with Crippen LogP contribution in [0.15, 0.2) is 53.3 Å². The average Bonchev–Trinajstić information content (AvgIpc) is 2.91. The maximum atomic E-state index is 5.46. The molecule has 0 fully saturated rings. The Hall–Kier alpha value is -2.09. The molecule has 2 heteroatoms. The Bertz CT molecular complexity index is 641. The summed E-state index contributed by atoms with van der Waals surface area (Å²) in [4.78, 5) is 4.28. The van der Waals surface area contributed by atoms with Crippen molar-refractivity contribution in [2.75, 3.05) is 0 Å². The van der Waals surface area contributed by atoms with Gasteiger partial charge in [-0.15, -0.1) is 0 Å². The number of hydrogen-bond donors (Lipinski definition) is 0. The Morgan fingerprint density at radius 1 is 1.12 bits per heavy atom. The maximum Gasteiger partial charge on any atom is 0.226 e. The van der Waals surface area contributed by atoms with Gasteiger partial charge in [-0.2, -0.15) is 0 Å². The van der Waals surface area contributed by atoms with Gasteiger partial charge < -0.3 is 4.42 Å². The number of hydrogen-bond acceptors (Lipinski definition) is 2. The van der Waals surface area contributed by atoms with Crippen molar-refractivity contribution < 1.29 is 4.42 Å². The van der Waals surface area contributed by atoms with Gasteiger partial charge in [0.05, 0.1) is 6.20 Å². The molecule has 0 N–H and O–H groups in total. The van der Waals surface area contributed by atoms with Crippen LogP contribution in [0.5, 0.6) is 0 Å². The first-order valence-electron chi connectivity index (χ1n) is 5.80. The van der Waals surface area contributed by atoms with E-state index < -0.39 is 0 Å². The summed E-state index contributed by atoms with van der Waals surface area (Å²) < 4.78 is 5.46. The van der Waals surface area contributed by atoms with Crippen LogP contribution in [0.3, 0.4) is 0 Å². The number of aromatic nitrogens is 1. The van der Waals surface area contributed by atoms with Gasteiger partial charge in [0, 0.05) is 5.56 Å². The van der Waals surface area contributed by atoms with Crippen molar-refractivity contribution in [2.45, 2.75) is 13.3 Å². The molecule has 0 aliphatic heterocycles.